The highest BCUT2D eigenvalue weighted by atomic mass is 35.5. The number of hydrogen-bond donors (Lipinski definition) is 1. The summed E-state index contributed by atoms with van der Waals surface area (Å²) in [6.07, 6.45) is 0. The van der Waals surface area contributed by atoms with Gasteiger partial charge in [-0.1, -0.05) is 29.3 Å². The van der Waals surface area contributed by atoms with Crippen molar-refractivity contribution in [1.29, 1.82) is 0 Å². The Hall–Kier alpha value is -1.30. The van der Waals surface area contributed by atoms with Gasteiger partial charge in [-0.05, 0) is 19.1 Å². The van der Waals surface area contributed by atoms with Crippen LogP contribution in [0.25, 0.3) is 0 Å². The van der Waals surface area contributed by atoms with E-state index in [1.165, 1.54) is 11.3 Å². The van der Waals surface area contributed by atoms with Crippen LogP contribution in [0.2, 0.25) is 10.0 Å². The predicted octanol–water partition coefficient (Wildman–Crippen LogP) is 3.78. The number of aryl methyl sites for hydroxylation is 1. The molecule has 0 atom stereocenters. The molecule has 0 saturated carbocycles. The van der Waals surface area contributed by atoms with E-state index < -0.39 is 0 Å². The molecular formula is C12H10Cl2N2O2S. The number of amides is 1. The average Bonchev–Trinajstić information content (AvgIpc) is 2.74. The zero-order chi connectivity index (χ0) is 13.8. The van der Waals surface area contributed by atoms with Gasteiger partial charge in [-0.25, -0.2) is 4.98 Å². The van der Waals surface area contributed by atoms with E-state index in [4.69, 9.17) is 27.9 Å². The molecule has 7 heteroatoms. The van der Waals surface area contributed by atoms with Gasteiger partial charge in [-0.3, -0.25) is 10.1 Å². The zero-order valence-corrected chi connectivity index (χ0v) is 12.3. The van der Waals surface area contributed by atoms with Crippen molar-refractivity contribution in [3.8, 4) is 5.75 Å². The van der Waals surface area contributed by atoms with Crippen molar-refractivity contribution in [2.75, 3.05) is 11.9 Å². The van der Waals surface area contributed by atoms with E-state index in [-0.39, 0.29) is 12.5 Å². The maximum Gasteiger partial charge on any atom is 0.264 e. The molecule has 0 saturated heterocycles. The fourth-order valence-electron chi connectivity index (χ4n) is 1.32. The van der Waals surface area contributed by atoms with Gasteiger partial charge >= 0.3 is 0 Å². The molecule has 4 nitrogen and oxygen atoms in total. The van der Waals surface area contributed by atoms with Gasteiger partial charge < -0.3 is 4.74 Å². The van der Waals surface area contributed by atoms with Crippen LogP contribution < -0.4 is 10.1 Å². The number of nitrogens with one attached hydrogen (secondary N) is 1. The van der Waals surface area contributed by atoms with Crippen LogP contribution in [0.3, 0.4) is 0 Å². The van der Waals surface area contributed by atoms with Gasteiger partial charge in [0.2, 0.25) is 0 Å². The first-order chi connectivity index (χ1) is 9.06. The molecule has 0 fully saturated rings. The number of carbonyl (C=O) groups is 1. The van der Waals surface area contributed by atoms with E-state index in [1.807, 2.05) is 12.3 Å². The smallest absolute Gasteiger partial charge is 0.264 e. The molecule has 0 aliphatic carbocycles. The summed E-state index contributed by atoms with van der Waals surface area (Å²) in [4.78, 5) is 15.8. The number of thiazole rings is 1. The van der Waals surface area contributed by atoms with Gasteiger partial charge in [-0.2, -0.15) is 0 Å². The number of aromatic nitrogens is 1. The first kappa shape index (κ1) is 14.1. The number of nitrogens with zero attached hydrogens (tertiary/aromatic N) is 1. The Morgan fingerprint density at radius 1 is 1.42 bits per heavy atom. The van der Waals surface area contributed by atoms with Crippen LogP contribution in [-0.2, 0) is 4.79 Å². The molecule has 0 spiro atoms. The number of para-hydroxylation sites is 1. The van der Waals surface area contributed by atoms with Crippen LogP contribution in [0.15, 0.2) is 23.6 Å². The van der Waals surface area contributed by atoms with Crippen molar-refractivity contribution < 1.29 is 9.53 Å². The Kier molecular flexibility index (Phi) is 4.63. The molecular weight excluding hydrogens is 307 g/mol. The fraction of sp³-hybridized carbons (Fsp3) is 0.167. The Labute approximate surface area is 124 Å². The summed E-state index contributed by atoms with van der Waals surface area (Å²) in [6.45, 7) is 1.67. The van der Waals surface area contributed by atoms with E-state index in [1.54, 1.807) is 18.2 Å². The van der Waals surface area contributed by atoms with Crippen LogP contribution in [-0.4, -0.2) is 17.5 Å². The van der Waals surface area contributed by atoms with Gasteiger partial charge in [0.25, 0.3) is 5.91 Å². The Morgan fingerprint density at radius 3 is 2.68 bits per heavy atom. The lowest BCUT2D eigenvalue weighted by Gasteiger charge is -2.08. The first-order valence-electron chi connectivity index (χ1n) is 5.35. The molecule has 1 aromatic heterocycles. The van der Waals surface area contributed by atoms with E-state index in [9.17, 15) is 4.79 Å². The number of ether oxygens (including phenoxy) is 1. The largest absolute Gasteiger partial charge is 0.481 e. The standard InChI is InChI=1S/C12H10Cl2N2O2S/c1-7-6-19-12(15-7)16-10(17)5-18-11-8(13)3-2-4-9(11)14/h2-4,6H,5H2,1H3,(H,15,16,17). The second-order valence-corrected chi connectivity index (χ2v) is 5.35. The lowest BCUT2D eigenvalue weighted by Crippen LogP contribution is -2.20. The van der Waals surface area contributed by atoms with Crippen LogP contribution in [0.1, 0.15) is 5.69 Å². The summed E-state index contributed by atoms with van der Waals surface area (Å²) in [5, 5.41) is 5.75. The molecule has 0 radical (unpaired) electrons. The maximum absolute atomic E-state index is 11.7. The molecule has 0 unspecified atom stereocenters. The Bertz CT molecular complexity index is 581. The molecule has 19 heavy (non-hydrogen) atoms. The lowest BCUT2D eigenvalue weighted by molar-refractivity contribution is -0.118. The maximum atomic E-state index is 11.7. The van der Waals surface area contributed by atoms with Gasteiger partial charge in [0.05, 0.1) is 15.7 Å². The third kappa shape index (κ3) is 3.83. The molecule has 2 aromatic rings. The minimum absolute atomic E-state index is 0.178. The number of hydrogen-bond acceptors (Lipinski definition) is 4. The zero-order valence-electron chi connectivity index (χ0n) is 9.94. The molecule has 2 rings (SSSR count). The minimum Gasteiger partial charge on any atom is -0.481 e. The van der Waals surface area contributed by atoms with Crippen molar-refractivity contribution in [1.82, 2.24) is 4.98 Å². The van der Waals surface area contributed by atoms with E-state index in [0.29, 0.717) is 20.9 Å². The second-order valence-electron chi connectivity index (χ2n) is 3.68. The number of anilines is 1. The third-order valence-corrected chi connectivity index (χ3v) is 3.60. The molecule has 1 aromatic carbocycles. The normalized spacial score (nSPS) is 10.3. The monoisotopic (exact) mass is 316 g/mol. The molecule has 100 valence electrons. The van der Waals surface area contributed by atoms with Crippen molar-refractivity contribution in [2.24, 2.45) is 0 Å². The average molecular weight is 317 g/mol. The van der Waals surface area contributed by atoms with Gasteiger partial charge in [0.15, 0.2) is 17.5 Å². The predicted molar refractivity (Wildman–Crippen MR) is 77.4 cm³/mol. The van der Waals surface area contributed by atoms with Crippen molar-refractivity contribution >= 4 is 45.6 Å². The third-order valence-electron chi connectivity index (χ3n) is 2.13. The molecule has 0 bridgehead atoms. The van der Waals surface area contributed by atoms with Crippen LogP contribution in [0, 0.1) is 6.92 Å². The summed E-state index contributed by atoms with van der Waals surface area (Å²) >= 11 is 13.2. The highest BCUT2D eigenvalue weighted by Crippen LogP contribution is 2.32. The molecule has 1 N–H and O–H groups in total. The lowest BCUT2D eigenvalue weighted by atomic mass is 10.3. The van der Waals surface area contributed by atoms with Crippen LogP contribution in [0.4, 0.5) is 5.13 Å². The summed E-state index contributed by atoms with van der Waals surface area (Å²) < 4.78 is 5.31. The first-order valence-corrected chi connectivity index (χ1v) is 6.98. The minimum atomic E-state index is -0.315. The van der Waals surface area contributed by atoms with Gasteiger partial charge in [-0.15, -0.1) is 11.3 Å². The fourth-order valence-corrected chi connectivity index (χ4v) is 2.54. The molecule has 0 aliphatic rings. The van der Waals surface area contributed by atoms with Gasteiger partial charge in [0, 0.05) is 5.38 Å². The van der Waals surface area contributed by atoms with Crippen molar-refractivity contribution in [2.45, 2.75) is 6.92 Å². The number of benzene rings is 1. The van der Waals surface area contributed by atoms with Gasteiger partial charge in [0.1, 0.15) is 0 Å². The molecule has 1 heterocycles. The SMILES string of the molecule is Cc1csc(NC(=O)COc2c(Cl)cccc2Cl)n1. The Balaban J connectivity index is 1.93. The van der Waals surface area contributed by atoms with Crippen LogP contribution in [0.5, 0.6) is 5.75 Å². The van der Waals surface area contributed by atoms with E-state index in [2.05, 4.69) is 10.3 Å². The topological polar surface area (TPSA) is 51.2 Å². The quantitative estimate of drug-likeness (QED) is 0.934. The van der Waals surface area contributed by atoms with Crippen molar-refractivity contribution in [3.05, 3.63) is 39.3 Å². The number of rotatable bonds is 4. The van der Waals surface area contributed by atoms with E-state index in [0.717, 1.165) is 5.69 Å². The number of halogens is 2. The summed E-state index contributed by atoms with van der Waals surface area (Å²) in [6, 6.07) is 4.99. The van der Waals surface area contributed by atoms with E-state index >= 15 is 0 Å². The second kappa shape index (κ2) is 6.23. The molecule has 0 aliphatic heterocycles. The number of carbonyl (C=O) groups excluding carboxylic acids is 1. The Morgan fingerprint density at radius 2 is 2.11 bits per heavy atom. The van der Waals surface area contributed by atoms with Crippen LogP contribution >= 0.6 is 34.5 Å². The molecule has 1 amide bonds. The highest BCUT2D eigenvalue weighted by molar-refractivity contribution is 7.13. The summed E-state index contributed by atoms with van der Waals surface area (Å²) in [5.41, 5.74) is 0.857. The summed E-state index contributed by atoms with van der Waals surface area (Å²) in [5.74, 6) is -0.0124. The highest BCUT2D eigenvalue weighted by Gasteiger charge is 2.10. The summed E-state index contributed by atoms with van der Waals surface area (Å²) in [7, 11) is 0. The van der Waals surface area contributed by atoms with Crippen molar-refractivity contribution in [3.63, 3.8) is 0 Å².